The zero-order valence-corrected chi connectivity index (χ0v) is 8.60. The molecule has 3 nitrogen and oxygen atoms in total. The number of aliphatic imine (C=N–C) groups is 1. The number of halogens is 1. The van der Waals surface area contributed by atoms with Gasteiger partial charge in [-0.3, -0.25) is 4.99 Å². The quantitative estimate of drug-likeness (QED) is 0.724. The van der Waals surface area contributed by atoms with Crippen molar-refractivity contribution in [1.82, 2.24) is 9.55 Å². The van der Waals surface area contributed by atoms with Crippen LogP contribution in [0.1, 0.15) is 5.56 Å². The number of imidazole rings is 1. The van der Waals surface area contributed by atoms with Crippen LogP contribution in [0.2, 0.25) is 0 Å². The highest BCUT2D eigenvalue weighted by Crippen LogP contribution is 2.26. The molecule has 0 bridgehead atoms. The summed E-state index contributed by atoms with van der Waals surface area (Å²) in [7, 11) is 0. The van der Waals surface area contributed by atoms with E-state index in [1.165, 1.54) is 12.1 Å². The number of benzene rings is 1. The Morgan fingerprint density at radius 3 is 2.88 bits per heavy atom. The second-order valence-corrected chi connectivity index (χ2v) is 3.24. The van der Waals surface area contributed by atoms with E-state index in [4.69, 9.17) is 0 Å². The Balaban J connectivity index is 2.48. The number of hydrogen-bond donors (Lipinski definition) is 0. The number of rotatable bonds is 3. The lowest BCUT2D eigenvalue weighted by Crippen LogP contribution is -1.95. The van der Waals surface area contributed by atoms with Crippen molar-refractivity contribution in [2.75, 3.05) is 0 Å². The van der Waals surface area contributed by atoms with E-state index in [2.05, 4.69) is 23.3 Å². The lowest BCUT2D eigenvalue weighted by atomic mass is 10.1. The van der Waals surface area contributed by atoms with Gasteiger partial charge < -0.3 is 4.57 Å². The van der Waals surface area contributed by atoms with E-state index in [0.717, 1.165) is 5.56 Å². The standard InChI is InChI=1S/C12H10FN3/c1-9(16-6-5-15-8-16)11-4-3-10(13)7-12(11)14-2/h3-8H,1-2H2. The molecule has 0 N–H and O–H groups in total. The van der Waals surface area contributed by atoms with Gasteiger partial charge in [-0.2, -0.15) is 0 Å². The van der Waals surface area contributed by atoms with Crippen LogP contribution in [-0.2, 0) is 0 Å². The van der Waals surface area contributed by atoms with Gasteiger partial charge in [-0.1, -0.05) is 6.58 Å². The average molecular weight is 215 g/mol. The Morgan fingerprint density at radius 1 is 1.44 bits per heavy atom. The van der Waals surface area contributed by atoms with Gasteiger partial charge in [0, 0.05) is 29.7 Å². The van der Waals surface area contributed by atoms with Gasteiger partial charge >= 0.3 is 0 Å². The number of aromatic nitrogens is 2. The first kappa shape index (κ1) is 10.3. The predicted molar refractivity (Wildman–Crippen MR) is 62.3 cm³/mol. The number of hydrogen-bond acceptors (Lipinski definition) is 2. The molecule has 1 aromatic carbocycles. The van der Waals surface area contributed by atoms with Crippen molar-refractivity contribution in [2.45, 2.75) is 0 Å². The molecule has 4 heteroatoms. The predicted octanol–water partition coefficient (Wildman–Crippen LogP) is 2.87. The summed E-state index contributed by atoms with van der Waals surface area (Å²) in [6, 6.07) is 4.32. The normalized spacial score (nSPS) is 10.1. The molecule has 0 radical (unpaired) electrons. The van der Waals surface area contributed by atoms with Crippen LogP contribution in [0.25, 0.3) is 5.70 Å². The maximum absolute atomic E-state index is 13.0. The molecule has 0 aliphatic heterocycles. The van der Waals surface area contributed by atoms with Crippen LogP contribution in [0.5, 0.6) is 0 Å². The molecular formula is C12H10FN3. The molecule has 2 aromatic rings. The van der Waals surface area contributed by atoms with E-state index in [0.29, 0.717) is 11.4 Å². The van der Waals surface area contributed by atoms with Crippen molar-refractivity contribution in [3.8, 4) is 0 Å². The highest BCUT2D eigenvalue weighted by atomic mass is 19.1. The molecule has 0 fully saturated rings. The lowest BCUT2D eigenvalue weighted by molar-refractivity contribution is 0.628. The first-order chi connectivity index (χ1) is 7.72. The van der Waals surface area contributed by atoms with Crippen LogP contribution < -0.4 is 0 Å². The van der Waals surface area contributed by atoms with Gasteiger partial charge in [0.05, 0.1) is 12.0 Å². The summed E-state index contributed by atoms with van der Waals surface area (Å²) < 4.78 is 14.7. The summed E-state index contributed by atoms with van der Waals surface area (Å²) >= 11 is 0. The van der Waals surface area contributed by atoms with E-state index in [9.17, 15) is 4.39 Å². The monoisotopic (exact) mass is 215 g/mol. The Labute approximate surface area is 92.6 Å². The van der Waals surface area contributed by atoms with Gasteiger partial charge in [0.25, 0.3) is 0 Å². The minimum atomic E-state index is -0.343. The van der Waals surface area contributed by atoms with Gasteiger partial charge in [0.15, 0.2) is 0 Å². The van der Waals surface area contributed by atoms with Crippen molar-refractivity contribution < 1.29 is 4.39 Å². The largest absolute Gasteiger partial charge is 0.306 e. The summed E-state index contributed by atoms with van der Waals surface area (Å²) in [5, 5.41) is 0. The molecule has 2 rings (SSSR count). The van der Waals surface area contributed by atoms with Crippen LogP contribution >= 0.6 is 0 Å². The van der Waals surface area contributed by atoms with Crippen molar-refractivity contribution in [2.24, 2.45) is 4.99 Å². The summed E-state index contributed by atoms with van der Waals surface area (Å²) in [4.78, 5) is 7.70. The van der Waals surface area contributed by atoms with Gasteiger partial charge in [-0.15, -0.1) is 0 Å². The topological polar surface area (TPSA) is 30.2 Å². The van der Waals surface area contributed by atoms with E-state index in [1.54, 1.807) is 29.4 Å². The zero-order valence-electron chi connectivity index (χ0n) is 8.60. The van der Waals surface area contributed by atoms with Gasteiger partial charge in [-0.25, -0.2) is 9.37 Å². The lowest BCUT2D eigenvalue weighted by Gasteiger charge is -2.09. The van der Waals surface area contributed by atoms with Crippen molar-refractivity contribution in [3.05, 3.63) is 54.9 Å². The summed E-state index contributed by atoms with van der Waals surface area (Å²) in [6.07, 6.45) is 5.03. The number of nitrogens with zero attached hydrogens (tertiary/aromatic N) is 3. The maximum Gasteiger partial charge on any atom is 0.125 e. The van der Waals surface area contributed by atoms with Crippen LogP contribution in [0.4, 0.5) is 10.1 Å². The van der Waals surface area contributed by atoms with Crippen molar-refractivity contribution in [3.63, 3.8) is 0 Å². The maximum atomic E-state index is 13.0. The molecule has 80 valence electrons. The third-order valence-electron chi connectivity index (χ3n) is 2.26. The Morgan fingerprint density at radius 2 is 2.25 bits per heavy atom. The summed E-state index contributed by atoms with van der Waals surface area (Å²) in [6.45, 7) is 7.33. The van der Waals surface area contributed by atoms with E-state index >= 15 is 0 Å². The smallest absolute Gasteiger partial charge is 0.125 e. The molecule has 0 aliphatic rings. The van der Waals surface area contributed by atoms with E-state index in [-0.39, 0.29) is 5.82 Å². The average Bonchev–Trinajstić information content (AvgIpc) is 2.81. The SMILES string of the molecule is C=Nc1cc(F)ccc1C(=C)n1ccnc1. The highest BCUT2D eigenvalue weighted by molar-refractivity contribution is 5.74. The zero-order chi connectivity index (χ0) is 11.5. The van der Waals surface area contributed by atoms with Crippen LogP contribution in [0, 0.1) is 5.82 Å². The highest BCUT2D eigenvalue weighted by Gasteiger charge is 2.07. The third kappa shape index (κ3) is 1.77. The molecule has 0 amide bonds. The van der Waals surface area contributed by atoms with Crippen molar-refractivity contribution >= 4 is 18.1 Å². The van der Waals surface area contributed by atoms with E-state index in [1.807, 2.05) is 0 Å². The van der Waals surface area contributed by atoms with Gasteiger partial charge in [-0.05, 0) is 18.9 Å². The summed E-state index contributed by atoms with van der Waals surface area (Å²) in [5.74, 6) is -0.343. The first-order valence-electron chi connectivity index (χ1n) is 4.66. The fraction of sp³-hybridized carbons (Fsp3) is 0. The molecule has 1 heterocycles. The first-order valence-corrected chi connectivity index (χ1v) is 4.66. The second kappa shape index (κ2) is 4.10. The third-order valence-corrected chi connectivity index (χ3v) is 2.26. The van der Waals surface area contributed by atoms with Crippen LogP contribution in [0.3, 0.4) is 0 Å². The molecule has 0 saturated carbocycles. The molecular weight excluding hydrogens is 205 g/mol. The Kier molecular flexibility index (Phi) is 2.64. The summed E-state index contributed by atoms with van der Waals surface area (Å²) in [5.41, 5.74) is 1.88. The molecule has 0 unspecified atom stereocenters. The Hall–Kier alpha value is -2.23. The minimum Gasteiger partial charge on any atom is -0.306 e. The van der Waals surface area contributed by atoms with Gasteiger partial charge in [0.2, 0.25) is 0 Å². The van der Waals surface area contributed by atoms with Gasteiger partial charge in [0.1, 0.15) is 5.82 Å². The second-order valence-electron chi connectivity index (χ2n) is 3.24. The fourth-order valence-corrected chi connectivity index (χ4v) is 1.44. The molecule has 0 spiro atoms. The molecule has 0 saturated heterocycles. The molecule has 1 aromatic heterocycles. The fourth-order valence-electron chi connectivity index (χ4n) is 1.44. The molecule has 0 aliphatic carbocycles. The van der Waals surface area contributed by atoms with Crippen LogP contribution in [-0.4, -0.2) is 16.3 Å². The van der Waals surface area contributed by atoms with Crippen molar-refractivity contribution in [1.29, 1.82) is 0 Å². The Bertz CT molecular complexity index is 529. The minimum absolute atomic E-state index is 0.343. The molecule has 0 atom stereocenters. The van der Waals surface area contributed by atoms with E-state index < -0.39 is 0 Å². The molecule has 16 heavy (non-hydrogen) atoms. The van der Waals surface area contributed by atoms with Crippen LogP contribution in [0.15, 0.2) is 48.5 Å².